The minimum atomic E-state index is -0.367. The molecule has 0 aliphatic carbocycles. The Morgan fingerprint density at radius 3 is 2.87 bits per heavy atom. The number of hydrogen-bond acceptors (Lipinski definition) is 3. The monoisotopic (exact) mass is 294 g/mol. The molecule has 0 bridgehead atoms. The van der Waals surface area contributed by atoms with E-state index < -0.39 is 0 Å². The molecule has 0 saturated heterocycles. The van der Waals surface area contributed by atoms with E-state index in [2.05, 4.69) is 0 Å². The zero-order valence-electron chi connectivity index (χ0n) is 8.20. The maximum atomic E-state index is 11.1. The van der Waals surface area contributed by atoms with E-state index in [-0.39, 0.29) is 35.0 Å². The van der Waals surface area contributed by atoms with E-state index in [0.717, 1.165) is 0 Å². The van der Waals surface area contributed by atoms with Crippen molar-refractivity contribution in [1.29, 1.82) is 5.41 Å². The second kappa shape index (κ2) is 6.63. The van der Waals surface area contributed by atoms with Crippen LogP contribution in [-0.4, -0.2) is 17.1 Å². The van der Waals surface area contributed by atoms with Crippen LogP contribution in [0.25, 0.3) is 0 Å². The molecule has 1 aromatic heterocycles. The summed E-state index contributed by atoms with van der Waals surface area (Å²) in [4.78, 5) is 11.1. The summed E-state index contributed by atoms with van der Waals surface area (Å²) in [6.07, 6.45) is 1.53. The first-order chi connectivity index (χ1) is 6.63. The Morgan fingerprint density at radius 2 is 2.27 bits per heavy atom. The van der Waals surface area contributed by atoms with Gasteiger partial charge in [0.25, 0.3) is 0 Å². The van der Waals surface area contributed by atoms with Crippen LogP contribution < -0.4 is 5.49 Å². The molecule has 4 nitrogen and oxygen atoms in total. The van der Waals surface area contributed by atoms with Crippen molar-refractivity contribution in [2.75, 3.05) is 6.61 Å². The molecule has 0 amide bonds. The Hall–Kier alpha value is -0.810. The molecule has 0 aliphatic rings. The van der Waals surface area contributed by atoms with Gasteiger partial charge in [-0.05, 0) is 19.1 Å². The normalized spacial score (nSPS) is 9.20. The molecule has 0 aromatic carbocycles. The number of aromatic nitrogens is 1. The van der Waals surface area contributed by atoms with Crippen molar-refractivity contribution in [2.24, 2.45) is 0 Å². The van der Waals surface area contributed by atoms with Crippen molar-refractivity contribution in [1.82, 2.24) is 4.57 Å². The average Bonchev–Trinajstić information content (AvgIpc) is 2.12. The lowest BCUT2D eigenvalue weighted by molar-refractivity contribution is -0.143. The van der Waals surface area contributed by atoms with Gasteiger partial charge in [-0.25, -0.2) is 0 Å². The molecular formula is C9H12BrClN2O2. The second-order valence-corrected chi connectivity index (χ2v) is 3.10. The van der Waals surface area contributed by atoms with Crippen molar-refractivity contribution in [3.63, 3.8) is 0 Å². The molecule has 1 rings (SSSR count). The number of nitrogens with zero attached hydrogens (tertiary/aromatic N) is 1. The van der Waals surface area contributed by atoms with Crippen LogP contribution in [0, 0.1) is 5.41 Å². The maximum absolute atomic E-state index is 11.1. The zero-order chi connectivity index (χ0) is 10.6. The van der Waals surface area contributed by atoms with Gasteiger partial charge >= 0.3 is 5.97 Å². The van der Waals surface area contributed by atoms with Crippen molar-refractivity contribution in [2.45, 2.75) is 13.5 Å². The molecule has 84 valence electrons. The van der Waals surface area contributed by atoms with E-state index in [1.807, 2.05) is 0 Å². The summed E-state index contributed by atoms with van der Waals surface area (Å²) < 4.78 is 6.19. The van der Waals surface area contributed by atoms with Gasteiger partial charge in [-0.2, -0.15) is 0 Å². The van der Waals surface area contributed by atoms with Gasteiger partial charge in [0.2, 0.25) is 0 Å². The Kier molecular flexibility index (Phi) is 6.27. The molecule has 6 heteroatoms. The minimum Gasteiger partial charge on any atom is -0.465 e. The summed E-state index contributed by atoms with van der Waals surface area (Å²) in [6, 6.07) is 3.13. The third-order valence-electron chi connectivity index (χ3n) is 1.59. The highest BCUT2D eigenvalue weighted by Crippen LogP contribution is 2.02. The lowest BCUT2D eigenvalue weighted by atomic mass is 10.4. The molecule has 0 aliphatic heterocycles. The van der Waals surface area contributed by atoms with Gasteiger partial charge in [-0.1, -0.05) is 11.6 Å². The molecule has 1 heterocycles. The lowest BCUT2D eigenvalue weighted by Gasteiger charge is -2.06. The van der Waals surface area contributed by atoms with Crippen LogP contribution in [0.2, 0.25) is 5.02 Å². The van der Waals surface area contributed by atoms with E-state index in [9.17, 15) is 4.79 Å². The number of nitrogens with one attached hydrogen (secondary N) is 1. The van der Waals surface area contributed by atoms with E-state index in [4.69, 9.17) is 21.7 Å². The van der Waals surface area contributed by atoms with Crippen molar-refractivity contribution < 1.29 is 9.53 Å². The lowest BCUT2D eigenvalue weighted by Crippen LogP contribution is -2.24. The summed E-state index contributed by atoms with van der Waals surface area (Å²) in [6.45, 7) is 2.10. The number of esters is 1. The Labute approximate surface area is 103 Å². The van der Waals surface area contributed by atoms with E-state index in [0.29, 0.717) is 11.6 Å². The molecule has 0 fully saturated rings. The predicted octanol–water partition coefficient (Wildman–Crippen LogP) is 1.76. The van der Waals surface area contributed by atoms with Crippen molar-refractivity contribution in [3.05, 3.63) is 28.8 Å². The van der Waals surface area contributed by atoms with Crippen molar-refractivity contribution >= 4 is 34.6 Å². The molecule has 0 spiro atoms. The summed E-state index contributed by atoms with van der Waals surface area (Å²) in [5.41, 5.74) is 0.224. The highest BCUT2D eigenvalue weighted by Gasteiger charge is 2.03. The Morgan fingerprint density at radius 1 is 1.60 bits per heavy atom. The Balaban J connectivity index is 0.00000196. The Bertz CT molecular complexity index is 392. The number of halogens is 2. The third-order valence-corrected chi connectivity index (χ3v) is 1.82. The first kappa shape index (κ1) is 14.2. The fraction of sp³-hybridized carbons (Fsp3) is 0.333. The third kappa shape index (κ3) is 4.48. The van der Waals surface area contributed by atoms with Crippen molar-refractivity contribution in [3.8, 4) is 0 Å². The number of pyridine rings is 1. The molecule has 1 aromatic rings. The van der Waals surface area contributed by atoms with Gasteiger partial charge in [0.15, 0.2) is 0 Å². The molecule has 0 radical (unpaired) electrons. The van der Waals surface area contributed by atoms with Crippen LogP contribution in [0.1, 0.15) is 6.92 Å². The van der Waals surface area contributed by atoms with Crippen LogP contribution in [0.5, 0.6) is 0 Å². The van der Waals surface area contributed by atoms with Gasteiger partial charge in [0, 0.05) is 6.20 Å². The van der Waals surface area contributed by atoms with Crippen LogP contribution in [0.3, 0.4) is 0 Å². The van der Waals surface area contributed by atoms with Gasteiger partial charge in [-0.15, -0.1) is 17.0 Å². The number of ether oxygens (including phenoxy) is 1. The van der Waals surface area contributed by atoms with Gasteiger partial charge in [0.1, 0.15) is 12.0 Å². The SMILES string of the molecule is Br.CCOC(=O)Cn1cc(Cl)ccc1=N. The maximum Gasteiger partial charge on any atom is 0.325 e. The summed E-state index contributed by atoms with van der Waals surface area (Å²) in [7, 11) is 0. The van der Waals surface area contributed by atoms with Crippen LogP contribution in [-0.2, 0) is 16.1 Å². The molecule has 0 atom stereocenters. The molecule has 15 heavy (non-hydrogen) atoms. The first-order valence-corrected chi connectivity index (χ1v) is 4.57. The molecule has 1 N–H and O–H groups in total. The first-order valence-electron chi connectivity index (χ1n) is 4.19. The highest BCUT2D eigenvalue weighted by molar-refractivity contribution is 8.93. The highest BCUT2D eigenvalue weighted by atomic mass is 79.9. The second-order valence-electron chi connectivity index (χ2n) is 2.67. The smallest absolute Gasteiger partial charge is 0.325 e. The molecule has 0 unspecified atom stereocenters. The predicted molar refractivity (Wildman–Crippen MR) is 62.3 cm³/mol. The number of carbonyl (C=O) groups excluding carboxylic acids is 1. The van der Waals surface area contributed by atoms with Crippen LogP contribution in [0.15, 0.2) is 18.3 Å². The topological polar surface area (TPSA) is 55.1 Å². The van der Waals surface area contributed by atoms with Crippen LogP contribution in [0.4, 0.5) is 0 Å². The molecule has 0 saturated carbocycles. The van der Waals surface area contributed by atoms with E-state index in [1.165, 1.54) is 16.8 Å². The van der Waals surface area contributed by atoms with E-state index >= 15 is 0 Å². The largest absolute Gasteiger partial charge is 0.465 e. The standard InChI is InChI=1S/C9H11ClN2O2.BrH/c1-2-14-9(13)6-12-5-7(10)3-4-8(12)11;/h3-5,11H,2,6H2,1H3;1H. The van der Waals surface area contributed by atoms with E-state index in [1.54, 1.807) is 13.0 Å². The van der Waals surface area contributed by atoms with Crippen LogP contribution >= 0.6 is 28.6 Å². The number of rotatable bonds is 3. The summed E-state index contributed by atoms with van der Waals surface area (Å²) >= 11 is 5.72. The fourth-order valence-electron chi connectivity index (χ4n) is 0.992. The van der Waals surface area contributed by atoms with Gasteiger partial charge in [0.05, 0.1) is 11.6 Å². The fourth-order valence-corrected chi connectivity index (χ4v) is 1.17. The number of carbonyl (C=O) groups is 1. The average molecular weight is 296 g/mol. The zero-order valence-corrected chi connectivity index (χ0v) is 10.7. The number of hydrogen-bond donors (Lipinski definition) is 1. The summed E-state index contributed by atoms with van der Waals surface area (Å²) in [5, 5.41) is 7.98. The van der Waals surface area contributed by atoms with Gasteiger partial charge < -0.3 is 9.30 Å². The minimum absolute atomic E-state index is 0. The van der Waals surface area contributed by atoms with Gasteiger partial charge in [-0.3, -0.25) is 10.2 Å². The quantitative estimate of drug-likeness (QED) is 0.864. The molecular weight excluding hydrogens is 283 g/mol. The summed E-state index contributed by atoms with van der Waals surface area (Å²) in [5.74, 6) is -0.367.